The van der Waals surface area contributed by atoms with Gasteiger partial charge in [-0.2, -0.15) is 0 Å². The largest absolute Gasteiger partial charge is 1.00 e. The van der Waals surface area contributed by atoms with Gasteiger partial charge in [-0.25, -0.2) is 0 Å². The van der Waals surface area contributed by atoms with E-state index in [4.69, 9.17) is 11.5 Å². The second-order valence-electron chi connectivity index (χ2n) is 14.4. The Morgan fingerprint density at radius 3 is 0.466 bits per heavy atom. The van der Waals surface area contributed by atoms with Crippen LogP contribution in [0.1, 0.15) is 116 Å². The molecule has 39 heteroatoms. The Bertz CT molecular complexity index is 1200. The maximum absolute atomic E-state index is 10.6. The maximum atomic E-state index is 10.6. The van der Waals surface area contributed by atoms with Gasteiger partial charge in [0.05, 0.1) is 79.3 Å². The summed E-state index contributed by atoms with van der Waals surface area (Å²) in [5.74, 6) is 0. The molecule has 0 aromatic rings. The summed E-state index contributed by atoms with van der Waals surface area (Å²) >= 11 is 0. The number of nitrogens with one attached hydrogen (secondary N) is 1. The van der Waals surface area contributed by atoms with E-state index < -0.39 is 46.9 Å². The molecule has 0 unspecified atom stereocenters. The van der Waals surface area contributed by atoms with Gasteiger partial charge >= 0.3 is 177 Å². The van der Waals surface area contributed by atoms with E-state index in [-0.39, 0.29) is 257 Å². The van der Waals surface area contributed by atoms with Crippen LogP contribution >= 0.6 is 46.9 Å². The van der Waals surface area contributed by atoms with Crippen molar-refractivity contribution in [2.24, 2.45) is 11.5 Å². The van der Waals surface area contributed by atoms with Crippen LogP contribution in [-0.2, 0) is 81.7 Å². The first-order chi connectivity index (χ1) is 31.7. The predicted molar refractivity (Wildman–Crippen MR) is 231 cm³/mol. The first-order valence-electron chi connectivity index (χ1n) is 22.4. The molecule has 73 heavy (non-hydrogen) atoms. The van der Waals surface area contributed by atoms with Gasteiger partial charge in [-0.1, -0.05) is 0 Å². The Balaban J connectivity index is -0.000000138. The summed E-state index contributed by atoms with van der Waals surface area (Å²) in [6, 6.07) is 0. The molecule has 0 aromatic carbocycles. The Morgan fingerprint density at radius 2 is 0.370 bits per heavy atom. The fraction of sp³-hybridized carbons (Fsp3) is 1.00. The summed E-state index contributed by atoms with van der Waals surface area (Å²) in [6.07, 6.45) is 15.4. The van der Waals surface area contributed by atoms with Crippen LogP contribution in [0.4, 0.5) is 0 Å². The van der Waals surface area contributed by atoms with E-state index in [0.29, 0.717) is 13.1 Å². The number of rotatable bonds is 4. The number of hydrogen-bond donors (Lipinski definition) is 3. The monoisotopic (exact) mass is 1230 g/mol. The Morgan fingerprint density at radius 1 is 0.260 bits per heavy atom. The average molecular weight is 1230 g/mol. The molecule has 6 aliphatic rings. The van der Waals surface area contributed by atoms with Crippen molar-refractivity contribution < 1.29 is 288 Å². The first kappa shape index (κ1) is 93.2. The molecule has 27 nitrogen and oxygen atoms in total. The predicted octanol–water partition coefficient (Wildman–Crippen LogP) is -15.5. The second kappa shape index (κ2) is 58.9. The topological polar surface area (TPSA) is 416 Å². The van der Waals surface area contributed by atoms with Gasteiger partial charge in [-0.15, -0.1) is 0 Å². The standard InChI is InChI=1S/6C5H11O4P.C4H13N3.6Na/c6*6-10(7)8-4-2-1-3-5-9-10;5-1-3-7-4-2-6;;;;;;/h6*1-5H2,(H,6,7);7H,1-6H2;;;;;;/q;;;;;;;6*+1/p-6. The van der Waals surface area contributed by atoms with Gasteiger partial charge in [0.1, 0.15) is 0 Å². The van der Waals surface area contributed by atoms with Crippen molar-refractivity contribution in [3.63, 3.8) is 0 Å². The second-order valence-corrected chi connectivity index (χ2v) is 22.8. The molecule has 0 bridgehead atoms. The van der Waals surface area contributed by atoms with Gasteiger partial charge in [-0.3, -0.25) is 27.4 Å². The first-order valence-corrected chi connectivity index (χ1v) is 31.1. The van der Waals surface area contributed by atoms with Crippen LogP contribution in [0.15, 0.2) is 0 Å². The summed E-state index contributed by atoms with van der Waals surface area (Å²) < 4.78 is 117. The van der Waals surface area contributed by atoms with Crippen LogP contribution in [0.2, 0.25) is 0 Å². The van der Waals surface area contributed by atoms with Gasteiger partial charge in [0.2, 0.25) is 0 Å². The molecule has 0 saturated carbocycles. The zero-order chi connectivity index (χ0) is 50.2. The zero-order valence-corrected chi connectivity index (χ0v) is 61.5. The van der Waals surface area contributed by atoms with Crippen molar-refractivity contribution >= 4 is 46.9 Å². The molecule has 6 heterocycles. The zero-order valence-electron chi connectivity index (χ0n) is 44.2. The van der Waals surface area contributed by atoms with Crippen molar-refractivity contribution in [2.45, 2.75) is 116 Å². The fourth-order valence-electron chi connectivity index (χ4n) is 4.95. The number of phosphoric ester groups is 6. The van der Waals surface area contributed by atoms with Gasteiger partial charge in [0.25, 0.3) is 46.9 Å². The number of nitrogens with two attached hydrogens (primary N) is 2. The molecule has 5 N–H and O–H groups in total. The van der Waals surface area contributed by atoms with E-state index in [2.05, 4.69) is 59.6 Å². The summed E-state index contributed by atoms with van der Waals surface area (Å²) in [6.45, 7) is 6.31. The van der Waals surface area contributed by atoms with Crippen LogP contribution in [0.5, 0.6) is 0 Å². The molecular formula is C34H73N3Na6O24P6. The normalized spacial score (nSPS) is 23.0. The van der Waals surface area contributed by atoms with Crippen molar-refractivity contribution in [2.75, 3.05) is 105 Å². The molecule has 6 aliphatic heterocycles. The minimum atomic E-state index is -3.91. The van der Waals surface area contributed by atoms with Crippen LogP contribution in [0.25, 0.3) is 0 Å². The van der Waals surface area contributed by atoms with E-state index in [1.807, 2.05) is 0 Å². The van der Waals surface area contributed by atoms with Crippen LogP contribution in [-0.4, -0.2) is 105 Å². The van der Waals surface area contributed by atoms with Crippen LogP contribution < -0.4 is 223 Å². The molecule has 0 spiro atoms. The van der Waals surface area contributed by atoms with E-state index in [0.717, 1.165) is 129 Å². The molecule has 0 aromatic heterocycles. The minimum Gasteiger partial charge on any atom is -0.756 e. The van der Waals surface area contributed by atoms with Crippen molar-refractivity contribution in [1.82, 2.24) is 5.32 Å². The minimum absolute atomic E-state index is 0. The summed E-state index contributed by atoms with van der Waals surface area (Å²) in [7, 11) is -23.4. The average Bonchev–Trinajstić information content (AvgIpc) is 3.21. The third-order valence-corrected chi connectivity index (χ3v) is 14.4. The third kappa shape index (κ3) is 67.5. The Labute approximate surface area is 565 Å². The molecule has 0 amide bonds. The van der Waals surface area contributed by atoms with Gasteiger partial charge in [-0.05, 0) is 116 Å². The number of hydrogen-bond acceptors (Lipinski definition) is 27. The smallest absolute Gasteiger partial charge is 0.756 e. The van der Waals surface area contributed by atoms with Crippen molar-refractivity contribution in [1.29, 1.82) is 0 Å². The maximum Gasteiger partial charge on any atom is 1.00 e. The quantitative estimate of drug-likeness (QED) is 0.134. The molecule has 404 valence electrons. The van der Waals surface area contributed by atoms with Crippen LogP contribution in [0, 0.1) is 0 Å². The molecule has 0 atom stereocenters. The molecule has 6 saturated heterocycles. The fourth-order valence-corrected chi connectivity index (χ4v) is 9.63. The number of phosphoric acid groups is 6. The molecular weight excluding hydrogens is 1160 g/mol. The van der Waals surface area contributed by atoms with Gasteiger partial charge in [0, 0.05) is 26.2 Å². The van der Waals surface area contributed by atoms with E-state index in [9.17, 15) is 56.8 Å². The summed E-state index contributed by atoms with van der Waals surface area (Å²) in [4.78, 5) is 63.6. The van der Waals surface area contributed by atoms with Crippen LogP contribution in [0.3, 0.4) is 0 Å². The molecule has 0 aliphatic carbocycles. The summed E-state index contributed by atoms with van der Waals surface area (Å²) in [5, 5.41) is 3.03. The van der Waals surface area contributed by atoms with Crippen molar-refractivity contribution in [3.8, 4) is 0 Å². The van der Waals surface area contributed by atoms with E-state index in [1.54, 1.807) is 0 Å². The molecule has 6 rings (SSSR count). The Kier molecular flexibility index (Phi) is 75.2. The van der Waals surface area contributed by atoms with E-state index in [1.165, 1.54) is 0 Å². The Hall–Kier alpha value is 6.54. The van der Waals surface area contributed by atoms with E-state index >= 15 is 0 Å². The third-order valence-electron chi connectivity index (χ3n) is 8.37. The SMILES string of the molecule is NCCNCCN.O=P1([O-])OCCCCCO1.O=P1([O-])OCCCCCO1.O=P1([O-])OCCCCCO1.O=P1([O-])OCCCCCO1.O=P1([O-])OCCCCCO1.O=P1([O-])OCCCCCO1.[Na+].[Na+].[Na+].[Na+].[Na+].[Na+]. The van der Waals surface area contributed by atoms with Gasteiger partial charge < -0.3 is 100 Å². The summed E-state index contributed by atoms with van der Waals surface area (Å²) in [5.41, 5.74) is 10.3. The molecule has 6 fully saturated rings. The molecule has 0 radical (unpaired) electrons. The van der Waals surface area contributed by atoms with Crippen molar-refractivity contribution in [3.05, 3.63) is 0 Å². The van der Waals surface area contributed by atoms with Gasteiger partial charge in [0.15, 0.2) is 0 Å².